The fourth-order valence-electron chi connectivity index (χ4n) is 4.19. The fraction of sp³-hybridized carbons (Fsp3) is 0.0625. The minimum absolute atomic E-state index is 0.00162. The molecular formula is C32H21NO8. The molecule has 1 aliphatic heterocycles. The summed E-state index contributed by atoms with van der Waals surface area (Å²) >= 11 is 0. The van der Waals surface area contributed by atoms with E-state index in [9.17, 15) is 28.8 Å². The van der Waals surface area contributed by atoms with Crippen LogP contribution in [0.5, 0.6) is 0 Å². The zero-order valence-electron chi connectivity index (χ0n) is 21.4. The number of esters is 2. The average Bonchev–Trinajstić information content (AvgIpc) is 3.27. The van der Waals surface area contributed by atoms with Crippen LogP contribution >= 0.6 is 0 Å². The first-order chi connectivity index (χ1) is 19.8. The summed E-state index contributed by atoms with van der Waals surface area (Å²) < 4.78 is 10.2. The number of ether oxygens (including phenoxy) is 2. The van der Waals surface area contributed by atoms with Crippen molar-refractivity contribution in [2.75, 3.05) is 18.1 Å². The van der Waals surface area contributed by atoms with Crippen molar-refractivity contribution in [1.82, 2.24) is 0 Å². The third kappa shape index (κ3) is 5.69. The van der Waals surface area contributed by atoms with E-state index >= 15 is 0 Å². The molecule has 0 aliphatic carbocycles. The molecular weight excluding hydrogens is 526 g/mol. The Bertz CT molecular complexity index is 1680. The SMILES string of the molecule is O=C(COC(=O)c1ccc(N2C(=O)c3ccc(C(=O)OCC(=O)c4ccccc4)cc3C2=O)cc1)c1ccccc1. The number of nitrogens with zero attached hydrogens (tertiary/aromatic N) is 1. The van der Waals surface area contributed by atoms with Crippen molar-refractivity contribution in [1.29, 1.82) is 0 Å². The van der Waals surface area contributed by atoms with E-state index in [1.807, 2.05) is 0 Å². The highest BCUT2D eigenvalue weighted by atomic mass is 16.5. The second-order valence-electron chi connectivity index (χ2n) is 8.98. The van der Waals surface area contributed by atoms with Gasteiger partial charge in [0.05, 0.1) is 27.9 Å². The van der Waals surface area contributed by atoms with E-state index < -0.39 is 37.0 Å². The van der Waals surface area contributed by atoms with E-state index in [0.717, 1.165) is 4.90 Å². The van der Waals surface area contributed by atoms with Gasteiger partial charge < -0.3 is 9.47 Å². The summed E-state index contributed by atoms with van der Waals surface area (Å²) in [6, 6.07) is 26.3. The molecule has 4 aromatic rings. The van der Waals surface area contributed by atoms with Crippen molar-refractivity contribution < 1.29 is 38.2 Å². The summed E-state index contributed by atoms with van der Waals surface area (Å²) in [4.78, 5) is 76.4. The summed E-state index contributed by atoms with van der Waals surface area (Å²) in [5.74, 6) is -3.56. The van der Waals surface area contributed by atoms with Crippen LogP contribution in [-0.4, -0.2) is 48.5 Å². The number of fused-ring (bicyclic) bond motifs is 1. The van der Waals surface area contributed by atoms with Gasteiger partial charge in [0.25, 0.3) is 11.8 Å². The van der Waals surface area contributed by atoms with E-state index in [0.29, 0.717) is 11.1 Å². The number of ketones is 2. The minimum atomic E-state index is -0.815. The smallest absolute Gasteiger partial charge is 0.338 e. The molecule has 202 valence electrons. The fourth-order valence-corrected chi connectivity index (χ4v) is 4.19. The third-order valence-electron chi connectivity index (χ3n) is 6.34. The Hall–Kier alpha value is -5.70. The number of carbonyl (C=O) groups excluding carboxylic acids is 6. The Morgan fingerprint density at radius 2 is 0.976 bits per heavy atom. The molecule has 0 unspecified atom stereocenters. The molecule has 9 heteroatoms. The number of amides is 2. The number of rotatable bonds is 9. The highest BCUT2D eigenvalue weighted by Crippen LogP contribution is 2.29. The lowest BCUT2D eigenvalue weighted by molar-refractivity contribution is 0.0472. The molecule has 0 radical (unpaired) electrons. The maximum atomic E-state index is 13.1. The van der Waals surface area contributed by atoms with Crippen molar-refractivity contribution in [3.63, 3.8) is 0 Å². The van der Waals surface area contributed by atoms with Crippen molar-refractivity contribution >= 4 is 41.0 Å². The molecule has 0 saturated heterocycles. The van der Waals surface area contributed by atoms with Gasteiger partial charge in [-0.1, -0.05) is 60.7 Å². The second-order valence-corrected chi connectivity index (χ2v) is 8.98. The highest BCUT2D eigenvalue weighted by Gasteiger charge is 2.37. The van der Waals surface area contributed by atoms with Gasteiger partial charge in [-0.2, -0.15) is 0 Å². The largest absolute Gasteiger partial charge is 0.454 e. The number of hydrogen-bond acceptors (Lipinski definition) is 8. The summed E-state index contributed by atoms with van der Waals surface area (Å²) in [6.07, 6.45) is 0. The Kier molecular flexibility index (Phi) is 7.60. The van der Waals surface area contributed by atoms with Crippen LogP contribution in [0.25, 0.3) is 0 Å². The third-order valence-corrected chi connectivity index (χ3v) is 6.34. The van der Waals surface area contributed by atoms with E-state index in [-0.39, 0.29) is 39.5 Å². The lowest BCUT2D eigenvalue weighted by atomic mass is 10.1. The number of hydrogen-bond donors (Lipinski definition) is 0. The van der Waals surface area contributed by atoms with Crippen LogP contribution < -0.4 is 4.90 Å². The highest BCUT2D eigenvalue weighted by molar-refractivity contribution is 6.34. The predicted octanol–water partition coefficient (Wildman–Crippen LogP) is 4.57. The molecule has 4 aromatic carbocycles. The van der Waals surface area contributed by atoms with Gasteiger partial charge >= 0.3 is 11.9 Å². The van der Waals surface area contributed by atoms with Gasteiger partial charge in [-0.15, -0.1) is 0 Å². The zero-order valence-corrected chi connectivity index (χ0v) is 21.4. The van der Waals surface area contributed by atoms with E-state index in [2.05, 4.69) is 0 Å². The standard InChI is InChI=1S/C32H21NO8/c34-27(20-7-3-1-4-8-20)18-40-31(38)22-11-14-24(15-12-22)33-29(36)25-16-13-23(17-26(25)30(33)37)32(39)41-19-28(35)21-9-5-2-6-10-21/h1-17H,18-19H2. The second kappa shape index (κ2) is 11.6. The first-order valence-electron chi connectivity index (χ1n) is 12.5. The molecule has 5 rings (SSSR count). The minimum Gasteiger partial charge on any atom is -0.454 e. The quantitative estimate of drug-likeness (QED) is 0.170. The lowest BCUT2D eigenvalue weighted by Gasteiger charge is -2.14. The molecule has 1 heterocycles. The lowest BCUT2D eigenvalue weighted by Crippen LogP contribution is -2.29. The molecule has 0 atom stereocenters. The zero-order chi connectivity index (χ0) is 28.9. The van der Waals surface area contributed by atoms with Crippen LogP contribution in [0.2, 0.25) is 0 Å². The van der Waals surface area contributed by atoms with E-state index in [1.165, 1.54) is 42.5 Å². The van der Waals surface area contributed by atoms with Crippen molar-refractivity contribution in [2.24, 2.45) is 0 Å². The van der Waals surface area contributed by atoms with Gasteiger partial charge in [0.1, 0.15) is 0 Å². The molecule has 0 bridgehead atoms. The summed E-state index contributed by atoms with van der Waals surface area (Å²) in [7, 11) is 0. The Morgan fingerprint density at radius 3 is 1.51 bits per heavy atom. The van der Waals surface area contributed by atoms with Crippen LogP contribution in [0.4, 0.5) is 5.69 Å². The molecule has 9 nitrogen and oxygen atoms in total. The Balaban J connectivity index is 1.23. The van der Waals surface area contributed by atoms with Crippen molar-refractivity contribution in [3.8, 4) is 0 Å². The normalized spacial score (nSPS) is 12.0. The Morgan fingerprint density at radius 1 is 0.512 bits per heavy atom. The number of carbonyl (C=O) groups is 6. The number of benzene rings is 4. The van der Waals surface area contributed by atoms with E-state index in [4.69, 9.17) is 9.47 Å². The van der Waals surface area contributed by atoms with Crippen LogP contribution in [0.15, 0.2) is 103 Å². The van der Waals surface area contributed by atoms with Crippen molar-refractivity contribution in [2.45, 2.75) is 0 Å². The molecule has 0 spiro atoms. The molecule has 41 heavy (non-hydrogen) atoms. The molecule has 0 saturated carbocycles. The maximum absolute atomic E-state index is 13.1. The Labute approximate surface area is 233 Å². The number of Topliss-reactive ketones (excluding diaryl/α,β-unsaturated/α-hetero) is 2. The summed E-state index contributed by atoms with van der Waals surface area (Å²) in [5.41, 5.74) is 1.24. The number of imide groups is 1. The van der Waals surface area contributed by atoms with Crippen LogP contribution in [0, 0.1) is 0 Å². The molecule has 2 amide bonds. The van der Waals surface area contributed by atoms with Crippen LogP contribution in [-0.2, 0) is 9.47 Å². The van der Waals surface area contributed by atoms with E-state index in [1.54, 1.807) is 60.7 Å². The maximum Gasteiger partial charge on any atom is 0.338 e. The monoisotopic (exact) mass is 547 g/mol. The molecule has 0 aromatic heterocycles. The van der Waals surface area contributed by atoms with Crippen LogP contribution in [0.3, 0.4) is 0 Å². The summed E-state index contributed by atoms with van der Waals surface area (Å²) in [5, 5.41) is 0. The molecule has 0 fully saturated rings. The van der Waals surface area contributed by atoms with Gasteiger partial charge in [-0.25, -0.2) is 14.5 Å². The average molecular weight is 548 g/mol. The first-order valence-corrected chi connectivity index (χ1v) is 12.5. The van der Waals surface area contributed by atoms with Crippen LogP contribution in [0.1, 0.15) is 62.1 Å². The van der Waals surface area contributed by atoms with Gasteiger partial charge in [0.15, 0.2) is 24.8 Å². The number of anilines is 1. The molecule has 1 aliphatic rings. The summed E-state index contributed by atoms with van der Waals surface area (Å²) in [6.45, 7) is -0.914. The predicted molar refractivity (Wildman–Crippen MR) is 146 cm³/mol. The van der Waals surface area contributed by atoms with Gasteiger partial charge in [-0.3, -0.25) is 19.2 Å². The molecule has 0 N–H and O–H groups in total. The van der Waals surface area contributed by atoms with Gasteiger partial charge in [0, 0.05) is 11.1 Å². The first kappa shape index (κ1) is 26.9. The van der Waals surface area contributed by atoms with Gasteiger partial charge in [0.2, 0.25) is 0 Å². The van der Waals surface area contributed by atoms with Gasteiger partial charge in [-0.05, 0) is 42.5 Å². The topological polar surface area (TPSA) is 124 Å². The van der Waals surface area contributed by atoms with Crippen molar-refractivity contribution in [3.05, 3.63) is 137 Å².